The molecular formula is C15H15ClFN. The standard InChI is InChI=1S/C15H15ClFN/c1-10-2-5-12(16)9-14(10)15(18)8-11-3-6-13(17)7-4-11/h2-7,9,15H,8,18H2,1H3. The lowest BCUT2D eigenvalue weighted by Crippen LogP contribution is -2.14. The Kier molecular flexibility index (Phi) is 4.00. The molecule has 0 amide bonds. The minimum atomic E-state index is -0.230. The van der Waals surface area contributed by atoms with Crippen molar-refractivity contribution in [2.75, 3.05) is 0 Å². The van der Waals surface area contributed by atoms with Crippen molar-refractivity contribution in [2.45, 2.75) is 19.4 Å². The van der Waals surface area contributed by atoms with Crippen LogP contribution in [0.4, 0.5) is 4.39 Å². The predicted octanol–water partition coefficient (Wildman–Crippen LogP) is 4.03. The first kappa shape index (κ1) is 13.1. The number of hydrogen-bond acceptors (Lipinski definition) is 1. The molecule has 2 rings (SSSR count). The van der Waals surface area contributed by atoms with Crippen LogP contribution in [-0.2, 0) is 6.42 Å². The Bertz CT molecular complexity index is 537. The van der Waals surface area contributed by atoms with Crippen molar-refractivity contribution >= 4 is 11.6 Å². The Labute approximate surface area is 111 Å². The third-order valence-electron chi connectivity index (χ3n) is 3.01. The maximum absolute atomic E-state index is 12.8. The van der Waals surface area contributed by atoms with Gasteiger partial charge >= 0.3 is 0 Å². The van der Waals surface area contributed by atoms with Crippen molar-refractivity contribution in [3.63, 3.8) is 0 Å². The summed E-state index contributed by atoms with van der Waals surface area (Å²) in [6.45, 7) is 2.01. The van der Waals surface area contributed by atoms with E-state index in [2.05, 4.69) is 0 Å². The van der Waals surface area contributed by atoms with Crippen LogP contribution < -0.4 is 5.73 Å². The first-order chi connectivity index (χ1) is 8.56. The van der Waals surface area contributed by atoms with Crippen molar-refractivity contribution in [1.82, 2.24) is 0 Å². The van der Waals surface area contributed by atoms with Gasteiger partial charge in [-0.2, -0.15) is 0 Å². The van der Waals surface area contributed by atoms with E-state index in [1.54, 1.807) is 12.1 Å². The molecule has 2 aromatic carbocycles. The van der Waals surface area contributed by atoms with Gasteiger partial charge in [-0.15, -0.1) is 0 Å². The number of hydrogen-bond donors (Lipinski definition) is 1. The number of halogens is 2. The summed E-state index contributed by atoms with van der Waals surface area (Å²) in [7, 11) is 0. The van der Waals surface area contributed by atoms with Crippen LogP contribution in [0.25, 0.3) is 0 Å². The topological polar surface area (TPSA) is 26.0 Å². The summed E-state index contributed by atoms with van der Waals surface area (Å²) in [5.41, 5.74) is 9.35. The van der Waals surface area contributed by atoms with E-state index in [9.17, 15) is 4.39 Å². The molecule has 0 aliphatic rings. The van der Waals surface area contributed by atoms with E-state index >= 15 is 0 Å². The molecule has 94 valence electrons. The second-order valence-corrected chi connectivity index (χ2v) is 4.87. The van der Waals surface area contributed by atoms with Crippen LogP contribution in [0, 0.1) is 12.7 Å². The molecule has 0 saturated heterocycles. The fourth-order valence-corrected chi connectivity index (χ4v) is 2.18. The van der Waals surface area contributed by atoms with Crippen molar-refractivity contribution in [3.8, 4) is 0 Å². The summed E-state index contributed by atoms with van der Waals surface area (Å²) < 4.78 is 12.8. The number of nitrogens with two attached hydrogens (primary N) is 1. The van der Waals surface area contributed by atoms with Crippen molar-refractivity contribution in [1.29, 1.82) is 0 Å². The molecule has 0 aromatic heterocycles. The Morgan fingerprint density at radius 2 is 1.83 bits per heavy atom. The first-order valence-electron chi connectivity index (χ1n) is 5.82. The third kappa shape index (κ3) is 3.09. The number of benzene rings is 2. The Morgan fingerprint density at radius 1 is 1.17 bits per heavy atom. The van der Waals surface area contributed by atoms with Crippen LogP contribution in [0.15, 0.2) is 42.5 Å². The maximum atomic E-state index is 12.8. The fraction of sp³-hybridized carbons (Fsp3) is 0.200. The van der Waals surface area contributed by atoms with Crippen LogP contribution in [-0.4, -0.2) is 0 Å². The molecule has 1 unspecified atom stereocenters. The zero-order chi connectivity index (χ0) is 13.1. The van der Waals surface area contributed by atoms with Crippen molar-refractivity contribution < 1.29 is 4.39 Å². The van der Waals surface area contributed by atoms with Crippen LogP contribution in [0.3, 0.4) is 0 Å². The Hall–Kier alpha value is -1.38. The van der Waals surface area contributed by atoms with Crippen molar-refractivity contribution in [3.05, 3.63) is 70.0 Å². The van der Waals surface area contributed by atoms with E-state index in [0.29, 0.717) is 11.4 Å². The zero-order valence-corrected chi connectivity index (χ0v) is 10.9. The first-order valence-corrected chi connectivity index (χ1v) is 6.20. The summed E-state index contributed by atoms with van der Waals surface area (Å²) in [5.74, 6) is -0.230. The smallest absolute Gasteiger partial charge is 0.123 e. The van der Waals surface area contributed by atoms with Gasteiger partial charge in [0.1, 0.15) is 5.82 Å². The van der Waals surface area contributed by atoms with Gasteiger partial charge in [-0.3, -0.25) is 0 Å². The molecule has 0 bridgehead atoms. The van der Waals surface area contributed by atoms with E-state index in [1.807, 2.05) is 25.1 Å². The third-order valence-corrected chi connectivity index (χ3v) is 3.24. The molecule has 0 aliphatic heterocycles. The molecule has 3 heteroatoms. The van der Waals surface area contributed by atoms with Crippen molar-refractivity contribution in [2.24, 2.45) is 5.73 Å². The van der Waals surface area contributed by atoms with E-state index < -0.39 is 0 Å². The van der Waals surface area contributed by atoms with Gasteiger partial charge < -0.3 is 5.73 Å². The highest BCUT2D eigenvalue weighted by Gasteiger charge is 2.10. The van der Waals surface area contributed by atoms with Crippen LogP contribution >= 0.6 is 11.6 Å². The SMILES string of the molecule is Cc1ccc(Cl)cc1C(N)Cc1ccc(F)cc1. The average Bonchev–Trinajstić information content (AvgIpc) is 2.35. The monoisotopic (exact) mass is 263 g/mol. The lowest BCUT2D eigenvalue weighted by atomic mass is 9.96. The van der Waals surface area contributed by atoms with Crippen LogP contribution in [0.1, 0.15) is 22.7 Å². The molecule has 1 nitrogen and oxygen atoms in total. The molecule has 0 aliphatic carbocycles. The minimum absolute atomic E-state index is 0.130. The van der Waals surface area contributed by atoms with Gasteiger partial charge in [0, 0.05) is 11.1 Å². The lowest BCUT2D eigenvalue weighted by Gasteiger charge is -2.15. The zero-order valence-electron chi connectivity index (χ0n) is 10.2. The molecule has 1 atom stereocenters. The van der Waals surface area contributed by atoms with Gasteiger partial charge in [-0.25, -0.2) is 4.39 Å². The van der Waals surface area contributed by atoms with Gasteiger partial charge in [-0.05, 0) is 54.3 Å². The quantitative estimate of drug-likeness (QED) is 0.889. The van der Waals surface area contributed by atoms with Crippen LogP contribution in [0.5, 0.6) is 0 Å². The van der Waals surface area contributed by atoms with Gasteiger partial charge in [-0.1, -0.05) is 29.8 Å². The van der Waals surface area contributed by atoms with Gasteiger partial charge in [0.05, 0.1) is 0 Å². The molecule has 2 aromatic rings. The summed E-state index contributed by atoms with van der Waals surface area (Å²) >= 11 is 5.98. The minimum Gasteiger partial charge on any atom is -0.324 e. The molecular weight excluding hydrogens is 249 g/mol. The molecule has 0 radical (unpaired) electrons. The van der Waals surface area contributed by atoms with Gasteiger partial charge in [0.25, 0.3) is 0 Å². The summed E-state index contributed by atoms with van der Waals surface area (Å²) in [4.78, 5) is 0. The summed E-state index contributed by atoms with van der Waals surface area (Å²) in [6.07, 6.45) is 0.668. The highest BCUT2D eigenvalue weighted by atomic mass is 35.5. The average molecular weight is 264 g/mol. The number of rotatable bonds is 3. The molecule has 0 fully saturated rings. The Balaban J connectivity index is 2.18. The molecule has 18 heavy (non-hydrogen) atoms. The van der Waals surface area contributed by atoms with E-state index in [0.717, 1.165) is 16.7 Å². The second-order valence-electron chi connectivity index (χ2n) is 4.44. The molecule has 0 spiro atoms. The van der Waals surface area contributed by atoms with E-state index in [4.69, 9.17) is 17.3 Å². The second kappa shape index (κ2) is 5.51. The largest absolute Gasteiger partial charge is 0.324 e. The normalized spacial score (nSPS) is 12.4. The van der Waals surface area contributed by atoms with Crippen LogP contribution in [0.2, 0.25) is 5.02 Å². The highest BCUT2D eigenvalue weighted by Crippen LogP contribution is 2.23. The summed E-state index contributed by atoms with van der Waals surface area (Å²) in [5, 5.41) is 0.685. The molecule has 2 N–H and O–H groups in total. The molecule has 0 heterocycles. The maximum Gasteiger partial charge on any atom is 0.123 e. The number of aryl methyl sites for hydroxylation is 1. The van der Waals surface area contributed by atoms with E-state index in [-0.39, 0.29) is 11.9 Å². The predicted molar refractivity (Wildman–Crippen MR) is 73.2 cm³/mol. The van der Waals surface area contributed by atoms with E-state index in [1.165, 1.54) is 12.1 Å². The molecule has 0 saturated carbocycles. The van der Waals surface area contributed by atoms with Gasteiger partial charge in [0.2, 0.25) is 0 Å². The highest BCUT2D eigenvalue weighted by molar-refractivity contribution is 6.30. The van der Waals surface area contributed by atoms with Gasteiger partial charge in [0.15, 0.2) is 0 Å². The summed E-state index contributed by atoms with van der Waals surface area (Å²) in [6, 6.07) is 12.0. The lowest BCUT2D eigenvalue weighted by molar-refractivity contribution is 0.625. The Morgan fingerprint density at radius 3 is 2.50 bits per heavy atom. The fourth-order valence-electron chi connectivity index (χ4n) is 2.00.